The fourth-order valence-corrected chi connectivity index (χ4v) is 2.09. The number of benzene rings is 1. The van der Waals surface area contributed by atoms with Gasteiger partial charge < -0.3 is 0 Å². The Balaban J connectivity index is 2.77. The minimum Gasteiger partial charge on any atom is -0.271 e. The van der Waals surface area contributed by atoms with Gasteiger partial charge in [0.1, 0.15) is 5.82 Å². The molecule has 1 rings (SSSR count). The lowest BCUT2D eigenvalue weighted by Gasteiger charge is -2.25. The topological polar surface area (TPSA) is 38.0 Å². The molecule has 3 N–H and O–H groups in total. The average molecular weight is 259 g/mol. The van der Waals surface area contributed by atoms with E-state index in [1.165, 1.54) is 0 Å². The van der Waals surface area contributed by atoms with Gasteiger partial charge in [-0.25, -0.2) is 4.39 Å². The van der Waals surface area contributed by atoms with Crippen LogP contribution in [-0.2, 0) is 6.42 Å². The SMILES string of the molecule is CC(C)(C)CC(Cc1cccc(Cl)c1F)NN. The molecule has 0 aliphatic carbocycles. The highest BCUT2D eigenvalue weighted by molar-refractivity contribution is 6.30. The van der Waals surface area contributed by atoms with Crippen LogP contribution in [0.15, 0.2) is 18.2 Å². The van der Waals surface area contributed by atoms with Crippen molar-refractivity contribution in [3.8, 4) is 0 Å². The Morgan fingerprint density at radius 2 is 2.06 bits per heavy atom. The number of hydrogen-bond donors (Lipinski definition) is 2. The maximum atomic E-state index is 13.7. The maximum Gasteiger partial charge on any atom is 0.145 e. The summed E-state index contributed by atoms with van der Waals surface area (Å²) in [5.74, 6) is 5.17. The summed E-state index contributed by atoms with van der Waals surface area (Å²) in [4.78, 5) is 0. The molecule has 1 unspecified atom stereocenters. The zero-order valence-electron chi connectivity index (χ0n) is 10.6. The monoisotopic (exact) mass is 258 g/mol. The van der Waals surface area contributed by atoms with Gasteiger partial charge in [0.25, 0.3) is 0 Å². The third-order valence-electron chi connectivity index (χ3n) is 2.59. The van der Waals surface area contributed by atoms with E-state index in [1.54, 1.807) is 18.2 Å². The van der Waals surface area contributed by atoms with Gasteiger partial charge in [0.15, 0.2) is 0 Å². The molecule has 1 atom stereocenters. The lowest BCUT2D eigenvalue weighted by atomic mass is 9.86. The quantitative estimate of drug-likeness (QED) is 0.643. The van der Waals surface area contributed by atoms with E-state index in [2.05, 4.69) is 26.2 Å². The van der Waals surface area contributed by atoms with Crippen molar-refractivity contribution in [3.63, 3.8) is 0 Å². The van der Waals surface area contributed by atoms with E-state index in [4.69, 9.17) is 17.4 Å². The number of nitrogens with two attached hydrogens (primary N) is 1. The first-order chi connectivity index (χ1) is 7.83. The summed E-state index contributed by atoms with van der Waals surface area (Å²) in [5.41, 5.74) is 3.49. The Morgan fingerprint density at radius 1 is 1.41 bits per heavy atom. The van der Waals surface area contributed by atoms with Crippen molar-refractivity contribution in [3.05, 3.63) is 34.6 Å². The first-order valence-corrected chi connectivity index (χ1v) is 6.10. The second-order valence-electron chi connectivity index (χ2n) is 5.55. The summed E-state index contributed by atoms with van der Waals surface area (Å²) >= 11 is 5.75. The average Bonchev–Trinajstić information content (AvgIpc) is 2.21. The normalized spacial score (nSPS) is 13.8. The summed E-state index contributed by atoms with van der Waals surface area (Å²) in [6, 6.07) is 5.09. The maximum absolute atomic E-state index is 13.7. The minimum atomic E-state index is -0.344. The van der Waals surface area contributed by atoms with Crippen LogP contribution in [0.4, 0.5) is 4.39 Å². The molecule has 0 amide bonds. The van der Waals surface area contributed by atoms with Gasteiger partial charge in [-0.15, -0.1) is 0 Å². The highest BCUT2D eigenvalue weighted by Crippen LogP contribution is 2.24. The molecule has 0 heterocycles. The summed E-state index contributed by atoms with van der Waals surface area (Å²) in [6.45, 7) is 6.39. The number of hydrogen-bond acceptors (Lipinski definition) is 2. The van der Waals surface area contributed by atoms with Crippen LogP contribution in [-0.4, -0.2) is 6.04 Å². The Hall–Kier alpha value is -0.640. The number of hydrazine groups is 1. The van der Waals surface area contributed by atoms with Crippen LogP contribution < -0.4 is 11.3 Å². The Labute approximate surface area is 107 Å². The summed E-state index contributed by atoms with van der Waals surface area (Å²) < 4.78 is 13.7. The molecule has 1 aromatic rings. The second-order valence-corrected chi connectivity index (χ2v) is 5.95. The molecule has 0 saturated carbocycles. The molecule has 0 bridgehead atoms. The van der Waals surface area contributed by atoms with Gasteiger partial charge >= 0.3 is 0 Å². The first kappa shape index (κ1) is 14.4. The van der Waals surface area contributed by atoms with Crippen LogP contribution in [0.5, 0.6) is 0 Å². The van der Waals surface area contributed by atoms with Gasteiger partial charge in [0, 0.05) is 6.04 Å². The predicted octanol–water partition coefficient (Wildman–Crippen LogP) is 3.29. The van der Waals surface area contributed by atoms with Gasteiger partial charge in [0.05, 0.1) is 5.02 Å². The molecule has 0 radical (unpaired) electrons. The van der Waals surface area contributed by atoms with E-state index in [0.717, 1.165) is 6.42 Å². The molecule has 17 heavy (non-hydrogen) atoms. The minimum absolute atomic E-state index is 0.0444. The van der Waals surface area contributed by atoms with E-state index >= 15 is 0 Å². The number of halogens is 2. The summed E-state index contributed by atoms with van der Waals surface area (Å²) in [5, 5.41) is 0.161. The van der Waals surface area contributed by atoms with Gasteiger partial charge in [-0.1, -0.05) is 44.5 Å². The van der Waals surface area contributed by atoms with Crippen molar-refractivity contribution in [2.75, 3.05) is 0 Å². The van der Waals surface area contributed by atoms with Crippen molar-refractivity contribution in [2.45, 2.75) is 39.7 Å². The Bertz CT molecular complexity index is 374. The van der Waals surface area contributed by atoms with Crippen molar-refractivity contribution >= 4 is 11.6 Å². The third-order valence-corrected chi connectivity index (χ3v) is 2.88. The molecule has 1 aromatic carbocycles. The fourth-order valence-electron chi connectivity index (χ4n) is 1.90. The molecule has 0 saturated heterocycles. The fraction of sp³-hybridized carbons (Fsp3) is 0.538. The van der Waals surface area contributed by atoms with E-state index in [0.29, 0.717) is 12.0 Å². The molecule has 0 aromatic heterocycles. The van der Waals surface area contributed by atoms with Gasteiger partial charge in [0.2, 0.25) is 0 Å². The first-order valence-electron chi connectivity index (χ1n) is 5.72. The van der Waals surface area contributed by atoms with Gasteiger partial charge in [-0.05, 0) is 29.9 Å². The summed E-state index contributed by atoms with van der Waals surface area (Å²) in [6.07, 6.45) is 1.41. The lowest BCUT2D eigenvalue weighted by Crippen LogP contribution is -2.39. The smallest absolute Gasteiger partial charge is 0.145 e. The predicted molar refractivity (Wildman–Crippen MR) is 70.3 cm³/mol. The highest BCUT2D eigenvalue weighted by atomic mass is 35.5. The van der Waals surface area contributed by atoms with Crippen molar-refractivity contribution in [1.29, 1.82) is 0 Å². The molecule has 96 valence electrons. The molecule has 0 aliphatic heterocycles. The lowest BCUT2D eigenvalue weighted by molar-refractivity contribution is 0.307. The van der Waals surface area contributed by atoms with Crippen molar-refractivity contribution in [2.24, 2.45) is 11.3 Å². The molecular formula is C13H20ClFN2. The van der Waals surface area contributed by atoms with Crippen LogP contribution in [0.3, 0.4) is 0 Å². The van der Waals surface area contributed by atoms with Crippen LogP contribution in [0.1, 0.15) is 32.8 Å². The van der Waals surface area contributed by atoms with Crippen molar-refractivity contribution < 1.29 is 4.39 Å². The van der Waals surface area contributed by atoms with Crippen LogP contribution >= 0.6 is 11.6 Å². The van der Waals surface area contributed by atoms with Crippen molar-refractivity contribution in [1.82, 2.24) is 5.43 Å². The second kappa shape index (κ2) is 5.80. The standard InChI is InChI=1S/C13H20ClFN2/c1-13(2,3)8-10(17-16)7-9-5-4-6-11(14)12(9)15/h4-6,10,17H,7-8,16H2,1-3H3. The van der Waals surface area contributed by atoms with Crippen LogP contribution in [0.2, 0.25) is 5.02 Å². The third kappa shape index (κ3) is 4.62. The number of rotatable bonds is 4. The highest BCUT2D eigenvalue weighted by Gasteiger charge is 2.19. The zero-order chi connectivity index (χ0) is 13.1. The molecule has 4 heteroatoms. The molecular weight excluding hydrogens is 239 g/mol. The van der Waals surface area contributed by atoms with Crippen LogP contribution in [0.25, 0.3) is 0 Å². The van der Waals surface area contributed by atoms with Crippen LogP contribution in [0, 0.1) is 11.2 Å². The molecule has 0 spiro atoms. The zero-order valence-corrected chi connectivity index (χ0v) is 11.3. The molecule has 2 nitrogen and oxygen atoms in total. The van der Waals surface area contributed by atoms with E-state index in [-0.39, 0.29) is 22.3 Å². The largest absolute Gasteiger partial charge is 0.271 e. The molecule has 0 aliphatic rings. The Morgan fingerprint density at radius 3 is 2.59 bits per heavy atom. The van der Waals surface area contributed by atoms with E-state index in [9.17, 15) is 4.39 Å². The molecule has 0 fully saturated rings. The summed E-state index contributed by atoms with van der Waals surface area (Å²) in [7, 11) is 0. The number of nitrogens with one attached hydrogen (secondary N) is 1. The van der Waals surface area contributed by atoms with E-state index in [1.807, 2.05) is 0 Å². The van der Waals surface area contributed by atoms with E-state index < -0.39 is 0 Å². The Kier molecular flexibility index (Phi) is 4.92. The van der Waals surface area contributed by atoms with Gasteiger partial charge in [-0.2, -0.15) is 0 Å². The van der Waals surface area contributed by atoms with Gasteiger partial charge in [-0.3, -0.25) is 11.3 Å².